The number of hydrogen-bond donors (Lipinski definition) is 1. The lowest BCUT2D eigenvalue weighted by Crippen LogP contribution is -2.23. The largest absolute Gasteiger partial charge is 0.325 e. The minimum Gasteiger partial charge on any atom is -0.325 e. The fraction of sp³-hybridized carbons (Fsp3) is 0.130. The molecule has 0 aliphatic carbocycles. The van der Waals surface area contributed by atoms with Crippen LogP contribution in [0.25, 0.3) is 11.4 Å². The van der Waals surface area contributed by atoms with Gasteiger partial charge in [-0.2, -0.15) is 0 Å². The molecule has 0 bridgehead atoms. The number of pyridine rings is 1. The number of para-hydroxylation sites is 1. The van der Waals surface area contributed by atoms with Crippen LogP contribution >= 0.6 is 11.8 Å². The predicted molar refractivity (Wildman–Crippen MR) is 119 cm³/mol. The van der Waals surface area contributed by atoms with E-state index in [0.29, 0.717) is 11.7 Å². The van der Waals surface area contributed by atoms with Crippen molar-refractivity contribution in [2.24, 2.45) is 0 Å². The maximum atomic E-state index is 12.7. The molecule has 2 aromatic carbocycles. The fourth-order valence-corrected chi connectivity index (χ4v) is 3.82. The molecule has 4 rings (SSSR count). The highest BCUT2D eigenvalue weighted by atomic mass is 32.2. The fourth-order valence-electron chi connectivity index (χ4n) is 2.98. The van der Waals surface area contributed by atoms with Crippen LogP contribution in [-0.4, -0.2) is 30.9 Å². The third-order valence-electron chi connectivity index (χ3n) is 4.53. The Morgan fingerprint density at radius 2 is 1.63 bits per heavy atom. The number of thioether (sulfide) groups is 1. The Hall–Kier alpha value is -3.45. The molecule has 2 heterocycles. The van der Waals surface area contributed by atoms with E-state index in [1.807, 2.05) is 72.2 Å². The Labute approximate surface area is 179 Å². The molecular formula is C23H21N5OS. The Balaban J connectivity index is 1.59. The van der Waals surface area contributed by atoms with Gasteiger partial charge in [-0.05, 0) is 36.8 Å². The Bertz CT molecular complexity index is 1100. The average Bonchev–Trinajstić information content (AvgIpc) is 3.17. The van der Waals surface area contributed by atoms with Gasteiger partial charge < -0.3 is 5.32 Å². The molecule has 0 fully saturated rings. The third-order valence-corrected chi connectivity index (χ3v) is 5.61. The summed E-state index contributed by atoms with van der Waals surface area (Å²) < 4.78 is 2.04. The summed E-state index contributed by atoms with van der Waals surface area (Å²) in [5.74, 6) is 0.672. The highest BCUT2D eigenvalue weighted by Crippen LogP contribution is 2.28. The predicted octanol–water partition coefficient (Wildman–Crippen LogP) is 4.51. The zero-order chi connectivity index (χ0) is 20.8. The van der Waals surface area contributed by atoms with Crippen molar-refractivity contribution in [1.82, 2.24) is 19.7 Å². The second-order valence-corrected chi connectivity index (χ2v) is 8.04. The van der Waals surface area contributed by atoms with Crippen molar-refractivity contribution < 1.29 is 4.79 Å². The van der Waals surface area contributed by atoms with Gasteiger partial charge in [0.25, 0.3) is 0 Å². The van der Waals surface area contributed by atoms with Crippen molar-refractivity contribution in [3.05, 3.63) is 90.8 Å². The minimum atomic E-state index is -0.339. The molecule has 4 aromatic rings. The molecule has 0 aliphatic heterocycles. The number of benzene rings is 2. The maximum Gasteiger partial charge on any atom is 0.237 e. The molecule has 30 heavy (non-hydrogen) atoms. The van der Waals surface area contributed by atoms with E-state index in [4.69, 9.17) is 0 Å². The van der Waals surface area contributed by atoms with Gasteiger partial charge in [0.1, 0.15) is 0 Å². The quantitative estimate of drug-likeness (QED) is 0.450. The molecule has 0 saturated heterocycles. The summed E-state index contributed by atoms with van der Waals surface area (Å²) >= 11 is 1.39. The number of nitrogens with zero attached hydrogens (tertiary/aromatic N) is 4. The first-order chi connectivity index (χ1) is 14.7. The Kier molecular flexibility index (Phi) is 6.20. The van der Waals surface area contributed by atoms with Gasteiger partial charge in [-0.25, -0.2) is 0 Å². The first kappa shape index (κ1) is 19.8. The van der Waals surface area contributed by atoms with Gasteiger partial charge in [-0.1, -0.05) is 60.3 Å². The van der Waals surface area contributed by atoms with Crippen molar-refractivity contribution in [3.8, 4) is 11.4 Å². The molecule has 1 amide bonds. The van der Waals surface area contributed by atoms with Gasteiger partial charge >= 0.3 is 0 Å². The van der Waals surface area contributed by atoms with Crippen molar-refractivity contribution in [2.45, 2.75) is 23.9 Å². The lowest BCUT2D eigenvalue weighted by atomic mass is 10.2. The van der Waals surface area contributed by atoms with E-state index >= 15 is 0 Å². The number of aromatic nitrogens is 4. The van der Waals surface area contributed by atoms with Crippen LogP contribution in [0, 0.1) is 0 Å². The number of carbonyl (C=O) groups excluding carboxylic acids is 1. The first-order valence-electron chi connectivity index (χ1n) is 9.61. The zero-order valence-electron chi connectivity index (χ0n) is 16.5. The third kappa shape index (κ3) is 4.75. The van der Waals surface area contributed by atoms with E-state index in [-0.39, 0.29) is 11.2 Å². The number of rotatable bonds is 7. The molecule has 6 nitrogen and oxygen atoms in total. The average molecular weight is 416 g/mol. The summed E-state index contributed by atoms with van der Waals surface area (Å²) in [7, 11) is 0. The van der Waals surface area contributed by atoms with E-state index in [9.17, 15) is 4.79 Å². The standard InChI is InChI=1S/C23H21N5OS/c1-17(22(29)25-20-10-6-3-7-11-20)30-23-27-26-21(19-12-14-24-15-13-19)28(23)16-18-8-4-2-5-9-18/h2-15,17H,16H2,1H3,(H,25,29). The molecular weight excluding hydrogens is 394 g/mol. The van der Waals surface area contributed by atoms with E-state index in [0.717, 1.165) is 22.6 Å². The van der Waals surface area contributed by atoms with Gasteiger partial charge in [-0.3, -0.25) is 14.3 Å². The number of hydrogen-bond acceptors (Lipinski definition) is 5. The summed E-state index contributed by atoms with van der Waals surface area (Å²) in [6, 6.07) is 23.4. The summed E-state index contributed by atoms with van der Waals surface area (Å²) in [6.07, 6.45) is 3.47. The smallest absolute Gasteiger partial charge is 0.237 e. The van der Waals surface area contributed by atoms with Crippen LogP contribution in [0.5, 0.6) is 0 Å². The first-order valence-corrected chi connectivity index (χ1v) is 10.5. The monoisotopic (exact) mass is 415 g/mol. The number of anilines is 1. The van der Waals surface area contributed by atoms with Gasteiger partial charge in [0.2, 0.25) is 5.91 Å². The topological polar surface area (TPSA) is 72.7 Å². The molecule has 150 valence electrons. The molecule has 0 spiro atoms. The van der Waals surface area contributed by atoms with Crippen LogP contribution < -0.4 is 5.32 Å². The van der Waals surface area contributed by atoms with Crippen LogP contribution in [0.4, 0.5) is 5.69 Å². The van der Waals surface area contributed by atoms with Crippen LogP contribution in [0.3, 0.4) is 0 Å². The summed E-state index contributed by atoms with van der Waals surface area (Å²) in [4.78, 5) is 16.8. The second-order valence-electron chi connectivity index (χ2n) is 6.73. The summed E-state index contributed by atoms with van der Waals surface area (Å²) in [6.45, 7) is 2.48. The van der Waals surface area contributed by atoms with Gasteiger partial charge in [0.05, 0.1) is 11.8 Å². The number of carbonyl (C=O) groups is 1. The van der Waals surface area contributed by atoms with Gasteiger partial charge in [-0.15, -0.1) is 10.2 Å². The molecule has 1 atom stereocenters. The number of amides is 1. The maximum absolute atomic E-state index is 12.7. The summed E-state index contributed by atoms with van der Waals surface area (Å²) in [5.41, 5.74) is 2.84. The van der Waals surface area contributed by atoms with Crippen LogP contribution in [0.1, 0.15) is 12.5 Å². The molecule has 1 N–H and O–H groups in total. The van der Waals surface area contributed by atoms with E-state index < -0.39 is 0 Å². The Morgan fingerprint density at radius 1 is 0.967 bits per heavy atom. The van der Waals surface area contributed by atoms with Crippen LogP contribution in [-0.2, 0) is 11.3 Å². The summed E-state index contributed by atoms with van der Waals surface area (Å²) in [5, 5.41) is 12.1. The lowest BCUT2D eigenvalue weighted by molar-refractivity contribution is -0.115. The molecule has 0 aliphatic rings. The van der Waals surface area contributed by atoms with E-state index in [1.165, 1.54) is 11.8 Å². The van der Waals surface area contributed by atoms with Crippen molar-refractivity contribution in [2.75, 3.05) is 5.32 Å². The van der Waals surface area contributed by atoms with Crippen LogP contribution in [0.2, 0.25) is 0 Å². The second kappa shape index (κ2) is 9.37. The normalized spacial score (nSPS) is 11.8. The van der Waals surface area contributed by atoms with E-state index in [2.05, 4.69) is 32.6 Å². The van der Waals surface area contributed by atoms with Crippen molar-refractivity contribution in [1.29, 1.82) is 0 Å². The van der Waals surface area contributed by atoms with Crippen molar-refractivity contribution in [3.63, 3.8) is 0 Å². The van der Waals surface area contributed by atoms with Crippen molar-refractivity contribution >= 4 is 23.4 Å². The zero-order valence-corrected chi connectivity index (χ0v) is 17.3. The minimum absolute atomic E-state index is 0.0778. The lowest BCUT2D eigenvalue weighted by Gasteiger charge is -2.14. The molecule has 0 radical (unpaired) electrons. The van der Waals surface area contributed by atoms with E-state index in [1.54, 1.807) is 12.4 Å². The number of nitrogens with one attached hydrogen (secondary N) is 1. The molecule has 1 unspecified atom stereocenters. The SMILES string of the molecule is CC(Sc1nnc(-c2ccncc2)n1Cc1ccccc1)C(=O)Nc1ccccc1. The molecule has 0 saturated carbocycles. The van der Waals surface area contributed by atoms with Gasteiger partial charge in [0.15, 0.2) is 11.0 Å². The molecule has 7 heteroatoms. The van der Waals surface area contributed by atoms with Gasteiger partial charge in [0, 0.05) is 23.6 Å². The Morgan fingerprint density at radius 3 is 2.33 bits per heavy atom. The highest BCUT2D eigenvalue weighted by Gasteiger charge is 2.21. The molecule has 2 aromatic heterocycles. The van der Waals surface area contributed by atoms with Crippen LogP contribution in [0.15, 0.2) is 90.3 Å². The highest BCUT2D eigenvalue weighted by molar-refractivity contribution is 8.00.